The topological polar surface area (TPSA) is 496 Å². The van der Waals surface area contributed by atoms with Crippen molar-refractivity contribution in [3.05, 3.63) is 0 Å². The summed E-state index contributed by atoms with van der Waals surface area (Å²) in [4.78, 5) is 123. The third-order valence-electron chi connectivity index (χ3n) is 6.90. The van der Waals surface area contributed by atoms with Crippen molar-refractivity contribution in [2.45, 2.75) is 55.9 Å². The molecule has 332 valence electrons. The maximum Gasteiger partial charge on any atom is 0.342 e. The number of carboxylic acids is 8. The van der Waals surface area contributed by atoms with E-state index < -0.39 is 132 Å². The lowest BCUT2D eigenvalue weighted by Crippen LogP contribution is -2.61. The van der Waals surface area contributed by atoms with Gasteiger partial charge in [0.05, 0.1) is 57.5 Å². The molecule has 2 atom stereocenters. The van der Waals surface area contributed by atoms with Crippen LogP contribution in [0.3, 0.4) is 0 Å². The smallest absolute Gasteiger partial charge is 0.342 e. The maximum atomic E-state index is 11.1. The number of aliphatic carboxylic acids is 8. The number of carbonyl (C=O) groups is 8. The molecule has 0 aliphatic heterocycles. The summed E-state index contributed by atoms with van der Waals surface area (Å²) in [5.74, 6) is -11.5. The molecule has 57 heavy (non-hydrogen) atoms. The predicted octanol–water partition coefficient (Wildman–Crippen LogP) is -4.53. The Balaban J connectivity index is -0.000000771. The summed E-state index contributed by atoms with van der Waals surface area (Å²) in [5, 5.41) is 74.3. The number of hydrogen-bond acceptors (Lipinski definition) is 16. The quantitative estimate of drug-likeness (QED) is 0.0239. The van der Waals surface area contributed by atoms with Crippen molar-refractivity contribution in [3.63, 3.8) is 0 Å². The molecule has 0 aromatic carbocycles. The summed E-state index contributed by atoms with van der Waals surface area (Å²) in [5.41, 5.74) is 8.92. The first kappa shape index (κ1) is 57.1. The first-order chi connectivity index (χ1) is 26.0. The van der Waals surface area contributed by atoms with E-state index in [-0.39, 0.29) is 45.2 Å². The molecule has 18 N–H and O–H groups in total. The van der Waals surface area contributed by atoms with Crippen LogP contribution in [0.25, 0.3) is 0 Å². The van der Waals surface area contributed by atoms with Gasteiger partial charge in [0.15, 0.2) is 0 Å². The number of carboxylic acid groups (broad SMARTS) is 8. The van der Waals surface area contributed by atoms with Crippen LogP contribution in [-0.4, -0.2) is 200 Å². The molecule has 0 aliphatic carbocycles. The minimum Gasteiger partial charge on any atom is -0.481 e. The second kappa shape index (κ2) is 29.1. The van der Waals surface area contributed by atoms with Crippen LogP contribution in [0.4, 0.5) is 0 Å². The van der Waals surface area contributed by atoms with E-state index in [4.69, 9.17) is 71.9 Å². The number of unbranched alkanes of at least 4 members (excludes halogenated alkanes) is 1. The minimum absolute atomic E-state index is 0.0703. The summed E-state index contributed by atoms with van der Waals surface area (Å²) < 4.78 is 21.6. The van der Waals surface area contributed by atoms with Gasteiger partial charge < -0.3 is 77.2 Å². The van der Waals surface area contributed by atoms with E-state index in [9.17, 15) is 47.5 Å². The van der Waals surface area contributed by atoms with Crippen LogP contribution >= 0.6 is 15.2 Å². The Hall–Kier alpha value is -4.18. The van der Waals surface area contributed by atoms with Gasteiger partial charge in [-0.1, -0.05) is 6.42 Å². The van der Waals surface area contributed by atoms with Crippen molar-refractivity contribution in [2.24, 2.45) is 11.5 Å². The number of rotatable bonds is 30. The van der Waals surface area contributed by atoms with Crippen LogP contribution in [0, 0.1) is 0 Å². The van der Waals surface area contributed by atoms with E-state index in [2.05, 4.69) is 10.6 Å². The molecule has 0 spiro atoms. The van der Waals surface area contributed by atoms with Crippen molar-refractivity contribution < 1.29 is 108 Å². The van der Waals surface area contributed by atoms with Crippen LogP contribution < -0.4 is 22.1 Å². The number of nitrogens with two attached hydrogens (primary N) is 2. The lowest BCUT2D eigenvalue weighted by atomic mass is 9.82. The Labute approximate surface area is 323 Å². The molecule has 0 radical (unpaired) electrons. The molecule has 0 rings (SSSR count). The number of hydrogen-bond donors (Lipinski definition) is 16. The first-order valence-corrected chi connectivity index (χ1v) is 19.7. The summed E-state index contributed by atoms with van der Waals surface area (Å²) in [6.07, 6.45) is -1.89. The molecule has 28 nitrogen and oxygen atoms in total. The van der Waals surface area contributed by atoms with Gasteiger partial charge in [-0.25, -0.2) is 0 Å². The second-order valence-corrected chi connectivity index (χ2v) is 15.6. The molecule has 0 heterocycles. The maximum absolute atomic E-state index is 11.1. The fourth-order valence-corrected chi connectivity index (χ4v) is 6.05. The van der Waals surface area contributed by atoms with Crippen LogP contribution in [0.1, 0.15) is 38.5 Å². The highest BCUT2D eigenvalue weighted by Gasteiger charge is 2.42. The summed E-state index contributed by atoms with van der Waals surface area (Å²) >= 11 is 0. The molecular formula is C27H52N6O22P2. The van der Waals surface area contributed by atoms with Crippen molar-refractivity contribution in [3.8, 4) is 0 Å². The Morgan fingerprint density at radius 1 is 0.614 bits per heavy atom. The van der Waals surface area contributed by atoms with Gasteiger partial charge in [0.25, 0.3) is 0 Å². The van der Waals surface area contributed by atoms with Crippen LogP contribution in [0.15, 0.2) is 0 Å². The van der Waals surface area contributed by atoms with E-state index in [1.807, 2.05) is 0 Å². The van der Waals surface area contributed by atoms with Gasteiger partial charge in [-0.15, -0.1) is 0 Å². The molecule has 0 bridgehead atoms. The zero-order valence-electron chi connectivity index (χ0n) is 30.4. The Kier molecular flexibility index (Phi) is 29.2. The van der Waals surface area contributed by atoms with Gasteiger partial charge in [-0.3, -0.25) is 62.6 Å². The number of nitrogens with one attached hydrogen (secondary N) is 2. The number of nitrogens with zero attached hydrogens (tertiary/aromatic N) is 2. The predicted molar refractivity (Wildman–Crippen MR) is 190 cm³/mol. The molecule has 30 heteroatoms. The summed E-state index contributed by atoms with van der Waals surface area (Å²) in [6.45, 7) is -2.44. The standard InChI is InChI=1S/2C10H16N2O8.C7H20N2O6P2/c11-5(1-6(13)14)10(2-7(15)16,3-8(17)18)12-4-9(19)20;13-7(14)3-11(4-8(15)16)1-2-12(5-9(17)18)6-10(19)20;8-4-5-9-7(17(13,14)15)3-1-2-6-16(10,11)12/h5,12H,1-4,11H2,(H,13,14)(H,15,16)(H,17,18)(H,19,20);1-6H2,(H,13,14)(H,15,16)(H,17,18)(H,19,20);7,9H,1-6,8H2,(H2,10,11,12)(H2,13,14,15). The Morgan fingerprint density at radius 2 is 1.02 bits per heavy atom. The molecule has 0 aliphatic rings. The average Bonchev–Trinajstić information content (AvgIpc) is 2.99. The highest BCUT2D eigenvalue weighted by Crippen LogP contribution is 2.42. The van der Waals surface area contributed by atoms with Crippen molar-refractivity contribution >= 4 is 62.9 Å². The largest absolute Gasteiger partial charge is 0.481 e. The van der Waals surface area contributed by atoms with Crippen molar-refractivity contribution in [1.29, 1.82) is 0 Å². The van der Waals surface area contributed by atoms with Crippen molar-refractivity contribution in [2.75, 3.05) is 65.1 Å². The molecule has 0 aromatic heterocycles. The molecule has 2 unspecified atom stereocenters. The van der Waals surface area contributed by atoms with E-state index in [1.54, 1.807) is 0 Å². The summed E-state index contributed by atoms with van der Waals surface area (Å²) in [6, 6.07) is -1.38. The average molecular weight is 875 g/mol. The third kappa shape index (κ3) is 34.8. The normalized spacial score (nSPS) is 12.6. The third-order valence-corrected chi connectivity index (χ3v) is 9.06. The zero-order valence-corrected chi connectivity index (χ0v) is 32.1. The zero-order chi connectivity index (χ0) is 45.2. The SMILES string of the molecule is NC(CC(=O)O)C(CC(=O)O)(CC(=O)O)NCC(=O)O.NCCNC(CCCCP(=O)(O)O)P(=O)(O)O.O=C(O)CN(CCN(CC(=O)O)CC(=O)O)CC(=O)O. The van der Waals surface area contributed by atoms with Gasteiger partial charge >= 0.3 is 62.9 Å². The fourth-order valence-electron chi connectivity index (χ4n) is 4.53. The first-order valence-electron chi connectivity index (χ1n) is 16.2. The monoisotopic (exact) mass is 874 g/mol. The minimum atomic E-state index is -4.25. The molecule has 0 saturated carbocycles. The van der Waals surface area contributed by atoms with E-state index in [0.29, 0.717) is 6.42 Å². The fraction of sp³-hybridized carbons (Fsp3) is 0.704. The van der Waals surface area contributed by atoms with E-state index in [0.717, 1.165) is 9.80 Å². The van der Waals surface area contributed by atoms with E-state index >= 15 is 0 Å². The van der Waals surface area contributed by atoms with Crippen LogP contribution in [0.2, 0.25) is 0 Å². The molecule has 0 fully saturated rings. The second-order valence-electron chi connectivity index (χ2n) is 12.0. The van der Waals surface area contributed by atoms with Crippen LogP contribution in [0.5, 0.6) is 0 Å². The highest BCUT2D eigenvalue weighted by molar-refractivity contribution is 7.52. The van der Waals surface area contributed by atoms with Gasteiger partial charge in [0.1, 0.15) is 5.78 Å². The molecule has 0 saturated heterocycles. The highest BCUT2D eigenvalue weighted by atomic mass is 31.2. The van der Waals surface area contributed by atoms with Gasteiger partial charge in [0.2, 0.25) is 0 Å². The molecule has 0 amide bonds. The Morgan fingerprint density at radius 3 is 1.30 bits per heavy atom. The van der Waals surface area contributed by atoms with Gasteiger partial charge in [-0.05, 0) is 12.8 Å². The van der Waals surface area contributed by atoms with Crippen molar-refractivity contribution in [1.82, 2.24) is 20.4 Å². The molecule has 0 aromatic rings. The lowest BCUT2D eigenvalue weighted by molar-refractivity contribution is -0.146. The van der Waals surface area contributed by atoms with Gasteiger partial charge in [0, 0.05) is 38.4 Å². The van der Waals surface area contributed by atoms with Crippen LogP contribution in [-0.2, 0) is 47.5 Å². The lowest BCUT2D eigenvalue weighted by Gasteiger charge is -2.36. The molecular weight excluding hydrogens is 822 g/mol. The van der Waals surface area contributed by atoms with E-state index in [1.165, 1.54) is 0 Å². The summed E-state index contributed by atoms with van der Waals surface area (Å²) in [7, 11) is -8.27. The van der Waals surface area contributed by atoms with Gasteiger partial charge in [-0.2, -0.15) is 0 Å². The Bertz CT molecular complexity index is 1340.